The Labute approximate surface area is 115 Å². The second kappa shape index (κ2) is 6.88. The minimum Gasteiger partial charge on any atom is -0.378 e. The molecule has 19 heavy (non-hydrogen) atoms. The quantitative estimate of drug-likeness (QED) is 0.784. The van der Waals surface area contributed by atoms with E-state index >= 15 is 0 Å². The molecule has 0 fully saturated rings. The molecule has 0 aromatic heterocycles. The van der Waals surface area contributed by atoms with Crippen molar-refractivity contribution < 1.29 is 8.42 Å². The molecule has 108 valence electrons. The van der Waals surface area contributed by atoms with Crippen molar-refractivity contribution in [1.82, 2.24) is 4.72 Å². The maximum absolute atomic E-state index is 12.1. The Hall–Kier alpha value is -1.11. The topological polar surface area (TPSA) is 75.4 Å². The van der Waals surface area contributed by atoms with Crippen molar-refractivity contribution in [2.75, 3.05) is 32.1 Å². The summed E-state index contributed by atoms with van der Waals surface area (Å²) >= 11 is 0. The fourth-order valence-corrected chi connectivity index (χ4v) is 2.74. The summed E-state index contributed by atoms with van der Waals surface area (Å²) < 4.78 is 26.8. The van der Waals surface area contributed by atoms with Crippen LogP contribution in [0, 0.1) is 5.92 Å². The molecule has 0 aliphatic carbocycles. The number of sulfonamides is 1. The second-order valence-corrected chi connectivity index (χ2v) is 6.52. The number of nitrogens with one attached hydrogen (secondary N) is 1. The van der Waals surface area contributed by atoms with Crippen molar-refractivity contribution in [3.63, 3.8) is 0 Å². The lowest BCUT2D eigenvalue weighted by Gasteiger charge is -2.15. The van der Waals surface area contributed by atoms with Gasteiger partial charge in [0.2, 0.25) is 10.0 Å². The van der Waals surface area contributed by atoms with Crippen LogP contribution in [-0.2, 0) is 10.0 Å². The fourth-order valence-electron chi connectivity index (χ4n) is 1.63. The van der Waals surface area contributed by atoms with Crippen molar-refractivity contribution in [2.24, 2.45) is 11.7 Å². The Morgan fingerprint density at radius 3 is 2.26 bits per heavy atom. The largest absolute Gasteiger partial charge is 0.378 e. The average Bonchev–Trinajstić information content (AvgIpc) is 2.40. The monoisotopic (exact) mass is 285 g/mol. The van der Waals surface area contributed by atoms with Crippen molar-refractivity contribution in [1.29, 1.82) is 0 Å². The van der Waals surface area contributed by atoms with Crippen LogP contribution in [0.15, 0.2) is 29.2 Å². The van der Waals surface area contributed by atoms with Gasteiger partial charge in [0.1, 0.15) is 0 Å². The number of hydrogen-bond donors (Lipinski definition) is 2. The van der Waals surface area contributed by atoms with Crippen LogP contribution in [0.2, 0.25) is 0 Å². The fraction of sp³-hybridized carbons (Fsp3) is 0.538. The molecule has 0 aliphatic rings. The molecule has 0 radical (unpaired) electrons. The van der Waals surface area contributed by atoms with Gasteiger partial charge in [-0.15, -0.1) is 0 Å². The third-order valence-electron chi connectivity index (χ3n) is 3.14. The van der Waals surface area contributed by atoms with Crippen LogP contribution in [-0.4, -0.2) is 35.6 Å². The molecule has 1 rings (SSSR count). The zero-order valence-corrected chi connectivity index (χ0v) is 12.6. The lowest BCUT2D eigenvalue weighted by Crippen LogP contribution is -2.32. The minimum atomic E-state index is -3.44. The van der Waals surface area contributed by atoms with Gasteiger partial charge in [-0.05, 0) is 36.7 Å². The highest BCUT2D eigenvalue weighted by atomic mass is 32.2. The maximum Gasteiger partial charge on any atom is 0.240 e. The van der Waals surface area contributed by atoms with Gasteiger partial charge in [-0.25, -0.2) is 13.1 Å². The van der Waals surface area contributed by atoms with Gasteiger partial charge in [0, 0.05) is 26.3 Å². The summed E-state index contributed by atoms with van der Waals surface area (Å²) in [5.74, 6) is 0.177. The molecule has 1 atom stereocenters. The molecule has 5 nitrogen and oxygen atoms in total. The zero-order valence-electron chi connectivity index (χ0n) is 11.8. The number of benzene rings is 1. The second-order valence-electron chi connectivity index (χ2n) is 4.75. The van der Waals surface area contributed by atoms with Crippen LogP contribution in [0.1, 0.15) is 13.3 Å². The van der Waals surface area contributed by atoms with E-state index in [1.54, 1.807) is 24.3 Å². The molecule has 0 saturated carbocycles. The van der Waals surface area contributed by atoms with E-state index in [9.17, 15) is 8.42 Å². The van der Waals surface area contributed by atoms with Crippen LogP contribution in [0.4, 0.5) is 5.69 Å². The van der Waals surface area contributed by atoms with Crippen LogP contribution in [0.25, 0.3) is 0 Å². The first-order chi connectivity index (χ1) is 8.90. The Kier molecular flexibility index (Phi) is 5.78. The van der Waals surface area contributed by atoms with E-state index in [1.807, 2.05) is 25.9 Å². The summed E-state index contributed by atoms with van der Waals surface area (Å²) in [6.45, 7) is 2.86. The van der Waals surface area contributed by atoms with Gasteiger partial charge in [-0.1, -0.05) is 13.3 Å². The lowest BCUT2D eigenvalue weighted by molar-refractivity contribution is 0.501. The molecule has 1 aromatic rings. The van der Waals surface area contributed by atoms with Gasteiger partial charge in [0.15, 0.2) is 0 Å². The SMILES string of the molecule is CCC(CN)CNS(=O)(=O)c1ccc(N(C)C)cc1. The maximum atomic E-state index is 12.1. The Morgan fingerprint density at radius 1 is 1.26 bits per heavy atom. The van der Waals surface area contributed by atoms with E-state index < -0.39 is 10.0 Å². The molecular weight excluding hydrogens is 262 g/mol. The third-order valence-corrected chi connectivity index (χ3v) is 4.58. The molecule has 3 N–H and O–H groups in total. The Bertz CT molecular complexity index is 479. The number of hydrogen-bond acceptors (Lipinski definition) is 4. The van der Waals surface area contributed by atoms with Crippen LogP contribution in [0.3, 0.4) is 0 Å². The predicted molar refractivity (Wildman–Crippen MR) is 78.8 cm³/mol. The van der Waals surface area contributed by atoms with Crippen molar-refractivity contribution in [3.05, 3.63) is 24.3 Å². The van der Waals surface area contributed by atoms with Crippen LogP contribution in [0.5, 0.6) is 0 Å². The van der Waals surface area contributed by atoms with Gasteiger partial charge in [-0.3, -0.25) is 0 Å². The van der Waals surface area contributed by atoms with Gasteiger partial charge in [-0.2, -0.15) is 0 Å². The zero-order chi connectivity index (χ0) is 14.5. The smallest absolute Gasteiger partial charge is 0.240 e. The van der Waals surface area contributed by atoms with Crippen molar-refractivity contribution in [3.8, 4) is 0 Å². The Balaban J connectivity index is 2.77. The summed E-state index contributed by atoms with van der Waals surface area (Å²) in [7, 11) is 0.381. The summed E-state index contributed by atoms with van der Waals surface area (Å²) in [6, 6.07) is 6.80. The van der Waals surface area contributed by atoms with E-state index in [4.69, 9.17) is 5.73 Å². The molecule has 0 heterocycles. The van der Waals surface area contributed by atoms with E-state index in [-0.39, 0.29) is 10.8 Å². The van der Waals surface area contributed by atoms with E-state index in [2.05, 4.69) is 4.72 Å². The lowest BCUT2D eigenvalue weighted by atomic mass is 10.1. The highest BCUT2D eigenvalue weighted by molar-refractivity contribution is 7.89. The molecule has 1 aromatic carbocycles. The molecular formula is C13H23N3O2S. The molecule has 0 saturated heterocycles. The summed E-state index contributed by atoms with van der Waals surface area (Å²) in [6.07, 6.45) is 0.860. The third kappa shape index (κ3) is 4.49. The normalized spacial score (nSPS) is 13.3. The molecule has 0 aliphatic heterocycles. The average molecular weight is 285 g/mol. The Morgan fingerprint density at radius 2 is 1.84 bits per heavy atom. The number of nitrogens with zero attached hydrogens (tertiary/aromatic N) is 1. The van der Waals surface area contributed by atoms with Gasteiger partial charge < -0.3 is 10.6 Å². The van der Waals surface area contributed by atoms with Crippen molar-refractivity contribution in [2.45, 2.75) is 18.2 Å². The van der Waals surface area contributed by atoms with Crippen LogP contribution < -0.4 is 15.4 Å². The van der Waals surface area contributed by atoms with E-state index in [0.717, 1.165) is 12.1 Å². The van der Waals surface area contributed by atoms with E-state index in [0.29, 0.717) is 13.1 Å². The highest BCUT2D eigenvalue weighted by Gasteiger charge is 2.15. The van der Waals surface area contributed by atoms with E-state index in [1.165, 1.54) is 0 Å². The number of rotatable bonds is 7. The summed E-state index contributed by atoms with van der Waals surface area (Å²) in [5.41, 5.74) is 6.53. The van der Waals surface area contributed by atoms with Crippen molar-refractivity contribution >= 4 is 15.7 Å². The molecule has 1 unspecified atom stereocenters. The first kappa shape index (κ1) is 15.9. The predicted octanol–water partition coefficient (Wildman–Crippen LogP) is 1.02. The molecule has 0 amide bonds. The summed E-state index contributed by atoms with van der Waals surface area (Å²) in [4.78, 5) is 2.20. The van der Waals surface area contributed by atoms with Crippen LogP contribution >= 0.6 is 0 Å². The standard InChI is InChI=1S/C13H23N3O2S/c1-4-11(9-14)10-15-19(17,18)13-7-5-12(6-8-13)16(2)3/h5-8,11,15H,4,9-10,14H2,1-3H3. The number of nitrogens with two attached hydrogens (primary N) is 1. The molecule has 0 spiro atoms. The minimum absolute atomic E-state index is 0.177. The number of anilines is 1. The highest BCUT2D eigenvalue weighted by Crippen LogP contribution is 2.16. The molecule has 0 bridgehead atoms. The summed E-state index contributed by atoms with van der Waals surface area (Å²) in [5, 5.41) is 0. The van der Waals surface area contributed by atoms with Gasteiger partial charge in [0.05, 0.1) is 4.90 Å². The first-order valence-corrected chi connectivity index (χ1v) is 7.86. The van der Waals surface area contributed by atoms with Gasteiger partial charge in [0.25, 0.3) is 0 Å². The first-order valence-electron chi connectivity index (χ1n) is 6.37. The molecule has 6 heteroatoms. The van der Waals surface area contributed by atoms with Gasteiger partial charge >= 0.3 is 0 Å².